The van der Waals surface area contributed by atoms with E-state index < -0.39 is 35.8 Å². The number of likely N-dealkylation sites (tertiary alicyclic amines) is 1. The Morgan fingerprint density at radius 1 is 1.24 bits per heavy atom. The maximum atomic E-state index is 13.4. The van der Waals surface area contributed by atoms with Gasteiger partial charge in [0, 0.05) is 32.1 Å². The average Bonchev–Trinajstić information content (AvgIpc) is 3.54. The molecule has 2 saturated heterocycles. The van der Waals surface area contributed by atoms with Gasteiger partial charge in [-0.3, -0.25) is 19.2 Å². The smallest absolute Gasteiger partial charge is 0.246 e. The average molecular weight is 487 g/mol. The number of nitrogens with two attached hydrogens (primary N) is 1. The Morgan fingerprint density at radius 2 is 2.00 bits per heavy atom. The molecule has 4 N–H and O–H groups in total. The zero-order chi connectivity index (χ0) is 24.2. The summed E-state index contributed by atoms with van der Waals surface area (Å²) >= 11 is 6.34. The number of hydrogen-bond donors (Lipinski definition) is 3. The normalized spacial score (nSPS) is 20.7. The molecule has 2 aliphatic heterocycles. The summed E-state index contributed by atoms with van der Waals surface area (Å²) in [5.74, 6) is -1.64. The molecular weight excluding hydrogens is 460 g/mol. The number of imidazole rings is 1. The number of carbonyl (C=O) groups excluding carboxylic acids is 4. The Bertz CT molecular complexity index is 1090. The minimum Gasteiger partial charge on any atom is -0.368 e. The minimum absolute atomic E-state index is 0.0781. The zero-order valence-corrected chi connectivity index (χ0v) is 19.3. The maximum Gasteiger partial charge on any atom is 0.246 e. The van der Waals surface area contributed by atoms with Crippen molar-refractivity contribution in [3.8, 4) is 0 Å². The summed E-state index contributed by atoms with van der Waals surface area (Å²) in [5, 5.41) is 5.62. The molecule has 2 aromatic rings. The fourth-order valence-corrected chi connectivity index (χ4v) is 4.67. The van der Waals surface area contributed by atoms with Gasteiger partial charge in [-0.15, -0.1) is 0 Å². The lowest BCUT2D eigenvalue weighted by atomic mass is 10.1. The van der Waals surface area contributed by atoms with Crippen molar-refractivity contribution >= 4 is 35.2 Å². The van der Waals surface area contributed by atoms with Gasteiger partial charge in [-0.05, 0) is 36.4 Å². The quantitative estimate of drug-likeness (QED) is 0.494. The number of halogens is 1. The molecule has 0 aliphatic carbocycles. The topological polar surface area (TPSA) is 139 Å². The third-order valence-corrected chi connectivity index (χ3v) is 6.48. The number of amides is 4. The fraction of sp³-hybridized carbons (Fsp3) is 0.435. The summed E-state index contributed by atoms with van der Waals surface area (Å²) in [4.78, 5) is 55.4. The number of benzene rings is 1. The van der Waals surface area contributed by atoms with Gasteiger partial charge in [-0.2, -0.15) is 0 Å². The van der Waals surface area contributed by atoms with E-state index in [0.717, 1.165) is 5.56 Å². The van der Waals surface area contributed by atoms with Crippen LogP contribution in [0.1, 0.15) is 36.9 Å². The molecule has 11 heteroatoms. The highest BCUT2D eigenvalue weighted by Gasteiger charge is 2.38. The van der Waals surface area contributed by atoms with E-state index in [0.29, 0.717) is 38.0 Å². The van der Waals surface area contributed by atoms with Crippen LogP contribution < -0.4 is 16.4 Å². The SMILES string of the molecule is NC(=O)[C@@H]1CCCN1C(=O)[C@H](Cc1cn(Cc2ccccc2)c(Cl)n1)NC(=O)[C@@H]1CCC(=O)N1. The first-order valence-corrected chi connectivity index (χ1v) is 11.6. The summed E-state index contributed by atoms with van der Waals surface area (Å²) in [6.45, 7) is 0.879. The molecule has 3 atom stereocenters. The van der Waals surface area contributed by atoms with Gasteiger partial charge in [0.25, 0.3) is 0 Å². The molecule has 3 heterocycles. The molecule has 4 amide bonds. The van der Waals surface area contributed by atoms with Gasteiger partial charge in [-0.25, -0.2) is 4.98 Å². The van der Waals surface area contributed by atoms with E-state index in [9.17, 15) is 19.2 Å². The molecule has 0 spiro atoms. The van der Waals surface area contributed by atoms with Crippen molar-refractivity contribution in [1.29, 1.82) is 0 Å². The number of primary amides is 1. The lowest BCUT2D eigenvalue weighted by Gasteiger charge is -2.28. The van der Waals surface area contributed by atoms with Crippen LogP contribution in [-0.4, -0.2) is 62.7 Å². The zero-order valence-electron chi connectivity index (χ0n) is 18.6. The first kappa shape index (κ1) is 23.7. The van der Waals surface area contributed by atoms with E-state index in [1.165, 1.54) is 4.90 Å². The van der Waals surface area contributed by atoms with Crippen molar-refractivity contribution in [1.82, 2.24) is 25.1 Å². The molecule has 2 aliphatic rings. The third kappa shape index (κ3) is 5.39. The lowest BCUT2D eigenvalue weighted by molar-refractivity contribution is -0.140. The molecule has 2 fully saturated rings. The van der Waals surface area contributed by atoms with E-state index in [-0.39, 0.29) is 24.0 Å². The van der Waals surface area contributed by atoms with Gasteiger partial charge < -0.3 is 25.8 Å². The van der Waals surface area contributed by atoms with Crippen molar-refractivity contribution in [3.63, 3.8) is 0 Å². The molecule has 180 valence electrons. The molecule has 0 saturated carbocycles. The van der Waals surface area contributed by atoms with E-state index in [1.54, 1.807) is 10.8 Å². The Balaban J connectivity index is 1.53. The van der Waals surface area contributed by atoms with Crippen molar-refractivity contribution in [3.05, 3.63) is 53.1 Å². The largest absolute Gasteiger partial charge is 0.368 e. The molecule has 0 unspecified atom stereocenters. The van der Waals surface area contributed by atoms with Gasteiger partial charge in [-0.1, -0.05) is 30.3 Å². The van der Waals surface area contributed by atoms with Crippen molar-refractivity contribution < 1.29 is 19.2 Å². The molecule has 0 radical (unpaired) electrons. The first-order chi connectivity index (χ1) is 16.3. The van der Waals surface area contributed by atoms with Crippen LogP contribution in [0.4, 0.5) is 0 Å². The second kappa shape index (κ2) is 10.3. The molecule has 0 bridgehead atoms. The molecule has 4 rings (SSSR count). The van der Waals surface area contributed by atoms with Gasteiger partial charge in [0.1, 0.15) is 18.1 Å². The summed E-state index contributed by atoms with van der Waals surface area (Å²) in [6, 6.07) is 7.32. The summed E-state index contributed by atoms with van der Waals surface area (Å²) in [6.07, 6.45) is 3.57. The predicted octanol–water partition coefficient (Wildman–Crippen LogP) is 0.367. The number of nitrogens with one attached hydrogen (secondary N) is 2. The van der Waals surface area contributed by atoms with Gasteiger partial charge in [0.2, 0.25) is 28.9 Å². The highest BCUT2D eigenvalue weighted by atomic mass is 35.5. The third-order valence-electron chi connectivity index (χ3n) is 6.18. The standard InChI is InChI=1S/C23H27ClN6O4/c24-23-26-15(13-29(23)12-14-5-2-1-3-6-14)11-17(28-21(33)16-8-9-19(31)27-16)22(34)30-10-4-7-18(30)20(25)32/h1-3,5-6,13,16-18H,4,7-12H2,(H2,25,32)(H,27,31)(H,28,33)/t16-,17-,18-/m0/s1. The summed E-state index contributed by atoms with van der Waals surface area (Å²) in [7, 11) is 0. The number of aromatic nitrogens is 2. The van der Waals surface area contributed by atoms with E-state index >= 15 is 0 Å². The molecule has 1 aromatic carbocycles. The Hall–Kier alpha value is -3.40. The number of carbonyl (C=O) groups is 4. The lowest BCUT2D eigenvalue weighted by Crippen LogP contribution is -2.56. The van der Waals surface area contributed by atoms with E-state index in [4.69, 9.17) is 17.3 Å². The van der Waals surface area contributed by atoms with Crippen molar-refractivity contribution in [2.45, 2.75) is 56.8 Å². The van der Waals surface area contributed by atoms with Gasteiger partial charge in [0.05, 0.1) is 5.69 Å². The number of nitrogens with zero attached hydrogens (tertiary/aromatic N) is 3. The van der Waals surface area contributed by atoms with Crippen LogP contribution in [0.25, 0.3) is 0 Å². The Labute approximate surface area is 201 Å². The Morgan fingerprint density at radius 3 is 2.68 bits per heavy atom. The first-order valence-electron chi connectivity index (χ1n) is 11.3. The predicted molar refractivity (Wildman–Crippen MR) is 124 cm³/mol. The summed E-state index contributed by atoms with van der Waals surface area (Å²) < 4.78 is 1.76. The second-order valence-electron chi connectivity index (χ2n) is 8.63. The van der Waals surface area contributed by atoms with Crippen LogP contribution in [-0.2, 0) is 32.1 Å². The highest BCUT2D eigenvalue weighted by Crippen LogP contribution is 2.20. The number of hydrogen-bond acceptors (Lipinski definition) is 5. The van der Waals surface area contributed by atoms with Crippen LogP contribution in [0.15, 0.2) is 36.5 Å². The molecule has 10 nitrogen and oxygen atoms in total. The monoisotopic (exact) mass is 486 g/mol. The van der Waals surface area contributed by atoms with Gasteiger partial charge >= 0.3 is 0 Å². The van der Waals surface area contributed by atoms with Crippen LogP contribution in [0.5, 0.6) is 0 Å². The van der Waals surface area contributed by atoms with E-state index in [1.807, 2.05) is 30.3 Å². The molecule has 34 heavy (non-hydrogen) atoms. The number of rotatable bonds is 8. The van der Waals surface area contributed by atoms with Crippen LogP contribution in [0, 0.1) is 0 Å². The molecule has 1 aromatic heterocycles. The highest BCUT2D eigenvalue weighted by molar-refractivity contribution is 6.28. The Kier molecular flexibility index (Phi) is 7.16. The van der Waals surface area contributed by atoms with Crippen molar-refractivity contribution in [2.24, 2.45) is 5.73 Å². The van der Waals surface area contributed by atoms with Crippen LogP contribution in [0.3, 0.4) is 0 Å². The van der Waals surface area contributed by atoms with E-state index in [2.05, 4.69) is 15.6 Å². The second-order valence-corrected chi connectivity index (χ2v) is 8.97. The van der Waals surface area contributed by atoms with Gasteiger partial charge in [0.15, 0.2) is 0 Å². The minimum atomic E-state index is -0.985. The fourth-order valence-electron chi connectivity index (χ4n) is 4.45. The maximum absolute atomic E-state index is 13.4. The van der Waals surface area contributed by atoms with Crippen LogP contribution >= 0.6 is 11.6 Å². The summed E-state index contributed by atoms with van der Waals surface area (Å²) in [5.41, 5.74) is 7.04. The van der Waals surface area contributed by atoms with Crippen LogP contribution in [0.2, 0.25) is 5.28 Å². The molecular formula is C23H27ClN6O4. The van der Waals surface area contributed by atoms with Crippen molar-refractivity contribution in [2.75, 3.05) is 6.54 Å².